The Kier molecular flexibility index (Phi) is 6.46. The summed E-state index contributed by atoms with van der Waals surface area (Å²) in [6.07, 6.45) is 4.46. The molecule has 0 spiro atoms. The predicted octanol–water partition coefficient (Wildman–Crippen LogP) is 5.26. The molecule has 1 atom stereocenters. The van der Waals surface area contributed by atoms with Gasteiger partial charge in [0.2, 0.25) is 5.95 Å². The summed E-state index contributed by atoms with van der Waals surface area (Å²) in [5, 5.41) is 8.36. The molecule has 5 rings (SSSR count). The van der Waals surface area contributed by atoms with E-state index < -0.39 is 0 Å². The van der Waals surface area contributed by atoms with E-state index in [4.69, 9.17) is 19.6 Å². The summed E-state index contributed by atoms with van der Waals surface area (Å²) >= 11 is 0. The Labute approximate surface area is 222 Å². The van der Waals surface area contributed by atoms with Gasteiger partial charge in [0, 0.05) is 55.6 Å². The molecule has 10 heteroatoms. The Morgan fingerprint density at radius 1 is 1.21 bits per heavy atom. The zero-order chi connectivity index (χ0) is 27.2. The molecule has 0 saturated carbocycles. The third kappa shape index (κ3) is 5.13. The zero-order valence-corrected chi connectivity index (χ0v) is 23.1. The Balaban J connectivity index is 1.42. The second-order valence-electron chi connectivity index (χ2n) is 11.5. The van der Waals surface area contributed by atoms with Crippen molar-refractivity contribution < 1.29 is 14.3 Å². The molecule has 4 aromatic rings. The van der Waals surface area contributed by atoms with Gasteiger partial charge in [-0.25, -0.2) is 4.98 Å². The number of nitrogens with zero attached hydrogens (tertiary/aromatic N) is 6. The van der Waals surface area contributed by atoms with Crippen LogP contribution in [0, 0.1) is 0 Å². The Morgan fingerprint density at radius 3 is 2.68 bits per heavy atom. The first-order valence-corrected chi connectivity index (χ1v) is 12.9. The molecule has 0 aromatic carbocycles. The van der Waals surface area contributed by atoms with Gasteiger partial charge < -0.3 is 19.4 Å². The van der Waals surface area contributed by atoms with E-state index in [2.05, 4.69) is 60.7 Å². The first-order chi connectivity index (χ1) is 17.9. The summed E-state index contributed by atoms with van der Waals surface area (Å²) in [4.78, 5) is 24.9. The van der Waals surface area contributed by atoms with Gasteiger partial charge in [0.15, 0.2) is 11.5 Å². The van der Waals surface area contributed by atoms with Crippen molar-refractivity contribution in [1.82, 2.24) is 29.3 Å². The van der Waals surface area contributed by atoms with Crippen LogP contribution in [-0.2, 0) is 28.4 Å². The second-order valence-corrected chi connectivity index (χ2v) is 11.5. The van der Waals surface area contributed by atoms with Crippen LogP contribution in [0.2, 0.25) is 0 Å². The molecule has 10 nitrogen and oxygen atoms in total. The first-order valence-electron chi connectivity index (χ1n) is 12.9. The van der Waals surface area contributed by atoms with Crippen LogP contribution in [0.5, 0.6) is 11.5 Å². The lowest BCUT2D eigenvalue weighted by Crippen LogP contribution is -2.33. The molecular weight excluding hydrogens is 482 g/mol. The number of pyridine rings is 2. The van der Waals surface area contributed by atoms with Gasteiger partial charge in [-0.2, -0.15) is 10.1 Å². The molecule has 38 heavy (non-hydrogen) atoms. The highest BCUT2D eigenvalue weighted by atomic mass is 16.5. The monoisotopic (exact) mass is 517 g/mol. The number of hydrogen-bond acceptors (Lipinski definition) is 8. The van der Waals surface area contributed by atoms with Gasteiger partial charge in [0.1, 0.15) is 17.3 Å². The summed E-state index contributed by atoms with van der Waals surface area (Å²) < 4.78 is 16.1. The molecule has 0 bridgehead atoms. The number of aryl methyl sites for hydroxylation is 1. The van der Waals surface area contributed by atoms with E-state index in [1.807, 2.05) is 17.7 Å². The van der Waals surface area contributed by atoms with Crippen LogP contribution in [-0.4, -0.2) is 47.3 Å². The van der Waals surface area contributed by atoms with Crippen molar-refractivity contribution in [1.29, 1.82) is 0 Å². The maximum atomic E-state index is 11.4. The Bertz CT molecular complexity index is 1500. The highest BCUT2D eigenvalue weighted by Crippen LogP contribution is 2.39. The fourth-order valence-electron chi connectivity index (χ4n) is 4.89. The summed E-state index contributed by atoms with van der Waals surface area (Å²) in [6.45, 7) is 13.1. The third-order valence-corrected chi connectivity index (χ3v) is 6.87. The molecule has 0 amide bonds. The number of ketones is 1. The summed E-state index contributed by atoms with van der Waals surface area (Å²) in [5.74, 6) is 2.56. The van der Waals surface area contributed by atoms with Crippen LogP contribution < -0.4 is 10.1 Å². The summed E-state index contributed by atoms with van der Waals surface area (Å²) in [5.41, 5.74) is 2.82. The molecule has 1 fully saturated rings. The number of carbonyl (C=O) groups is 1. The van der Waals surface area contributed by atoms with Gasteiger partial charge in [0.25, 0.3) is 0 Å². The predicted molar refractivity (Wildman–Crippen MR) is 145 cm³/mol. The van der Waals surface area contributed by atoms with Crippen molar-refractivity contribution in [3.8, 4) is 11.5 Å². The lowest BCUT2D eigenvalue weighted by Gasteiger charge is -2.30. The molecule has 0 aliphatic carbocycles. The van der Waals surface area contributed by atoms with Gasteiger partial charge in [-0.1, -0.05) is 20.8 Å². The molecule has 1 saturated heterocycles. The lowest BCUT2D eigenvalue weighted by atomic mass is 9.90. The largest absolute Gasteiger partial charge is 0.456 e. The van der Waals surface area contributed by atoms with Crippen molar-refractivity contribution in [3.63, 3.8) is 0 Å². The number of fused-ring (bicyclic) bond motifs is 1. The van der Waals surface area contributed by atoms with Crippen molar-refractivity contribution in [2.24, 2.45) is 7.05 Å². The average Bonchev–Trinajstić information content (AvgIpc) is 3.49. The van der Waals surface area contributed by atoms with Crippen LogP contribution >= 0.6 is 0 Å². The molecule has 5 heterocycles. The topological polar surface area (TPSA) is 109 Å². The Hall–Kier alpha value is -3.79. The molecule has 0 unspecified atom stereocenters. The van der Waals surface area contributed by atoms with E-state index in [1.54, 1.807) is 31.5 Å². The maximum absolute atomic E-state index is 11.4. The molecule has 1 N–H and O–H groups in total. The fourth-order valence-corrected chi connectivity index (χ4v) is 4.89. The van der Waals surface area contributed by atoms with Gasteiger partial charge in [-0.05, 0) is 33.3 Å². The quantitative estimate of drug-likeness (QED) is 0.353. The SMILES string of the molecule is CC(=O)Cc1cc(Oc2cnc3nc(Nc4cc(C(C)(C)C)n([C@@H]5CCOC5(C)C)n4)n(C)c3c2)ccn1. The van der Waals surface area contributed by atoms with Crippen molar-refractivity contribution in [2.45, 2.75) is 71.4 Å². The number of nitrogens with one attached hydrogen (secondary N) is 1. The van der Waals surface area contributed by atoms with Gasteiger partial charge in [0.05, 0.1) is 29.1 Å². The highest BCUT2D eigenvalue weighted by molar-refractivity contribution is 5.78. The Morgan fingerprint density at radius 2 is 2.00 bits per heavy atom. The van der Waals surface area contributed by atoms with Crippen LogP contribution in [0.15, 0.2) is 36.7 Å². The normalized spacial score (nSPS) is 17.2. The number of ether oxygens (including phenoxy) is 2. The van der Waals surface area contributed by atoms with Crippen molar-refractivity contribution >= 4 is 28.7 Å². The molecule has 4 aromatic heterocycles. The van der Waals surface area contributed by atoms with Gasteiger partial charge in [-0.3, -0.25) is 14.5 Å². The van der Waals surface area contributed by atoms with Crippen LogP contribution in [0.4, 0.5) is 11.8 Å². The maximum Gasteiger partial charge on any atom is 0.210 e. The number of rotatable bonds is 7. The second kappa shape index (κ2) is 9.50. The van der Waals surface area contributed by atoms with Crippen molar-refractivity contribution in [3.05, 3.63) is 48.0 Å². The number of aromatic nitrogens is 6. The van der Waals surface area contributed by atoms with E-state index in [0.29, 0.717) is 28.8 Å². The number of Topliss-reactive ketones (excluding diaryl/α,β-unsaturated/α-hetero) is 1. The van der Waals surface area contributed by atoms with Crippen LogP contribution in [0.1, 0.15) is 65.4 Å². The van der Waals surface area contributed by atoms with E-state index in [9.17, 15) is 4.79 Å². The zero-order valence-electron chi connectivity index (χ0n) is 23.1. The minimum atomic E-state index is -0.289. The molecule has 1 aliphatic rings. The van der Waals surface area contributed by atoms with E-state index in [-0.39, 0.29) is 29.3 Å². The number of hydrogen-bond donors (Lipinski definition) is 1. The van der Waals surface area contributed by atoms with E-state index in [1.165, 1.54) is 0 Å². The van der Waals surface area contributed by atoms with Gasteiger partial charge in [-0.15, -0.1) is 0 Å². The van der Waals surface area contributed by atoms with E-state index >= 15 is 0 Å². The molecule has 1 aliphatic heterocycles. The number of anilines is 2. The smallest absolute Gasteiger partial charge is 0.210 e. The first kappa shape index (κ1) is 25.8. The minimum absolute atomic E-state index is 0.0485. The number of imidazole rings is 1. The summed E-state index contributed by atoms with van der Waals surface area (Å²) in [7, 11) is 1.93. The highest BCUT2D eigenvalue weighted by Gasteiger charge is 2.40. The van der Waals surface area contributed by atoms with Crippen LogP contribution in [0.3, 0.4) is 0 Å². The van der Waals surface area contributed by atoms with Crippen LogP contribution in [0.25, 0.3) is 11.2 Å². The van der Waals surface area contributed by atoms with E-state index in [0.717, 1.165) is 30.1 Å². The molecular formula is C28H35N7O3. The summed E-state index contributed by atoms with van der Waals surface area (Å²) in [6, 6.07) is 7.66. The van der Waals surface area contributed by atoms with Crippen molar-refractivity contribution in [2.75, 3.05) is 11.9 Å². The molecule has 0 radical (unpaired) electrons. The minimum Gasteiger partial charge on any atom is -0.456 e. The standard InChI is InChI=1S/C28H35N7O3/c1-17(36)12-18-13-19(8-10-29-18)38-20-14-21-25(30-16-20)32-26(34(21)7)31-24-15-23(27(2,3)4)35(33-24)22-9-11-37-28(22,5)6/h8,10,13-16,22H,9,11-12H2,1-7H3,(H,30,31,32,33)/t22-/m1/s1. The third-order valence-electron chi connectivity index (χ3n) is 6.87. The average molecular weight is 518 g/mol. The number of carbonyl (C=O) groups excluding carboxylic acids is 1. The lowest BCUT2D eigenvalue weighted by molar-refractivity contribution is -0.116. The molecule has 200 valence electrons. The van der Waals surface area contributed by atoms with Gasteiger partial charge >= 0.3 is 0 Å². The fraction of sp³-hybridized carbons (Fsp3) is 0.464.